The lowest BCUT2D eigenvalue weighted by Crippen LogP contribution is -2.46. The topological polar surface area (TPSA) is 69.7 Å². The van der Waals surface area contributed by atoms with E-state index in [1.807, 2.05) is 25.1 Å². The largest absolute Gasteiger partial charge is 0.326 e. The van der Waals surface area contributed by atoms with Crippen molar-refractivity contribution in [2.75, 3.05) is 32.5 Å². The van der Waals surface area contributed by atoms with E-state index < -0.39 is 10.2 Å². The number of carbonyl (C=O) groups excluding carboxylic acids is 1. The van der Waals surface area contributed by atoms with E-state index in [4.69, 9.17) is 0 Å². The molecule has 1 aromatic carbocycles. The minimum Gasteiger partial charge on any atom is -0.326 e. The Labute approximate surface area is 146 Å². The molecule has 1 N–H and O–H groups in total. The number of anilines is 1. The zero-order valence-corrected chi connectivity index (χ0v) is 15.9. The normalized spacial score (nSPS) is 17.4. The first-order valence-electron chi connectivity index (χ1n) is 7.46. The van der Waals surface area contributed by atoms with Crippen LogP contribution in [0.4, 0.5) is 5.69 Å². The number of carbonyl (C=O) groups is 1. The molecule has 0 aliphatic carbocycles. The zero-order valence-electron chi connectivity index (χ0n) is 13.5. The van der Waals surface area contributed by atoms with Gasteiger partial charge in [0.25, 0.3) is 10.2 Å². The number of nitrogens with one attached hydrogen (secondary N) is 1. The molecule has 0 saturated carbocycles. The van der Waals surface area contributed by atoms with Gasteiger partial charge in [-0.25, -0.2) is 0 Å². The Morgan fingerprint density at radius 3 is 2.43 bits per heavy atom. The van der Waals surface area contributed by atoms with Crippen LogP contribution in [0.15, 0.2) is 22.7 Å². The van der Waals surface area contributed by atoms with Crippen LogP contribution in [0, 0.1) is 12.8 Å². The van der Waals surface area contributed by atoms with Gasteiger partial charge in [-0.15, -0.1) is 0 Å². The Morgan fingerprint density at radius 1 is 1.30 bits per heavy atom. The van der Waals surface area contributed by atoms with Crippen LogP contribution in [0.1, 0.15) is 18.4 Å². The van der Waals surface area contributed by atoms with Crippen molar-refractivity contribution in [2.24, 2.45) is 5.92 Å². The Balaban J connectivity index is 1.95. The van der Waals surface area contributed by atoms with Crippen LogP contribution in [0.25, 0.3) is 0 Å². The molecule has 1 aliphatic heterocycles. The maximum Gasteiger partial charge on any atom is 0.281 e. The second kappa shape index (κ2) is 7.29. The number of benzene rings is 1. The molecule has 1 saturated heterocycles. The fourth-order valence-corrected chi connectivity index (χ4v) is 3.93. The fourth-order valence-electron chi connectivity index (χ4n) is 2.55. The van der Waals surface area contributed by atoms with Crippen molar-refractivity contribution in [3.8, 4) is 0 Å². The average molecular weight is 404 g/mol. The summed E-state index contributed by atoms with van der Waals surface area (Å²) in [7, 11) is -0.353. The Kier molecular flexibility index (Phi) is 5.83. The van der Waals surface area contributed by atoms with Crippen molar-refractivity contribution in [1.29, 1.82) is 0 Å². The molecule has 8 heteroatoms. The smallest absolute Gasteiger partial charge is 0.281 e. The highest BCUT2D eigenvalue weighted by atomic mass is 79.9. The number of hydrogen-bond donors (Lipinski definition) is 1. The molecule has 2 rings (SSSR count). The van der Waals surface area contributed by atoms with E-state index in [2.05, 4.69) is 21.2 Å². The van der Waals surface area contributed by atoms with Crippen molar-refractivity contribution in [3.63, 3.8) is 0 Å². The Morgan fingerprint density at radius 2 is 1.91 bits per heavy atom. The standard InChI is InChI=1S/C15H22BrN3O3S/c1-11-10-13(4-5-14(11)16)17-15(20)12-6-8-19(9-7-12)23(21,22)18(2)3/h4-5,10,12H,6-9H2,1-3H3,(H,17,20). The Bertz CT molecular complexity index is 683. The summed E-state index contributed by atoms with van der Waals surface area (Å²) in [6, 6.07) is 5.66. The van der Waals surface area contributed by atoms with Gasteiger partial charge < -0.3 is 5.32 Å². The molecular weight excluding hydrogens is 382 g/mol. The van der Waals surface area contributed by atoms with Crippen LogP contribution in [-0.4, -0.2) is 50.1 Å². The van der Waals surface area contributed by atoms with E-state index >= 15 is 0 Å². The van der Waals surface area contributed by atoms with E-state index in [1.54, 1.807) is 0 Å². The third-order valence-corrected chi connectivity index (χ3v) is 6.87. The number of rotatable bonds is 4. The SMILES string of the molecule is Cc1cc(NC(=O)C2CCN(S(=O)(=O)N(C)C)CC2)ccc1Br. The molecule has 6 nitrogen and oxygen atoms in total. The van der Waals surface area contributed by atoms with Crippen molar-refractivity contribution in [3.05, 3.63) is 28.2 Å². The zero-order chi connectivity index (χ0) is 17.2. The summed E-state index contributed by atoms with van der Waals surface area (Å²) < 4.78 is 27.8. The summed E-state index contributed by atoms with van der Waals surface area (Å²) in [5.74, 6) is -0.207. The molecule has 1 aromatic rings. The average Bonchev–Trinajstić information content (AvgIpc) is 2.51. The molecule has 23 heavy (non-hydrogen) atoms. The van der Waals surface area contributed by atoms with Crippen LogP contribution in [-0.2, 0) is 15.0 Å². The summed E-state index contributed by atoms with van der Waals surface area (Å²) in [6.07, 6.45) is 1.07. The minimum atomic E-state index is -3.39. The van der Waals surface area contributed by atoms with E-state index in [0.717, 1.165) is 15.7 Å². The van der Waals surface area contributed by atoms with Crippen molar-refractivity contribution in [2.45, 2.75) is 19.8 Å². The molecule has 0 bridgehead atoms. The van der Waals surface area contributed by atoms with Gasteiger partial charge in [0, 0.05) is 43.3 Å². The quantitative estimate of drug-likeness (QED) is 0.837. The second-order valence-corrected chi connectivity index (χ2v) is 8.91. The maximum absolute atomic E-state index is 12.4. The third-order valence-electron chi connectivity index (χ3n) is 4.04. The van der Waals surface area contributed by atoms with Crippen LogP contribution < -0.4 is 5.32 Å². The van der Waals surface area contributed by atoms with Gasteiger partial charge in [-0.3, -0.25) is 4.79 Å². The van der Waals surface area contributed by atoms with E-state index in [9.17, 15) is 13.2 Å². The summed E-state index contributed by atoms with van der Waals surface area (Å²) in [4.78, 5) is 12.4. The number of halogens is 1. The Hall–Kier alpha value is -0.960. The van der Waals surface area contributed by atoms with E-state index in [1.165, 1.54) is 22.7 Å². The maximum atomic E-state index is 12.4. The summed E-state index contributed by atoms with van der Waals surface area (Å²) in [5.41, 5.74) is 1.81. The van der Waals surface area contributed by atoms with Crippen LogP contribution >= 0.6 is 15.9 Å². The molecule has 0 atom stereocenters. The number of amides is 1. The highest BCUT2D eigenvalue weighted by Crippen LogP contribution is 2.24. The van der Waals surface area contributed by atoms with Gasteiger partial charge in [-0.05, 0) is 43.5 Å². The highest BCUT2D eigenvalue weighted by molar-refractivity contribution is 9.10. The first kappa shape index (κ1) is 18.4. The summed E-state index contributed by atoms with van der Waals surface area (Å²) in [6.45, 7) is 2.71. The fraction of sp³-hybridized carbons (Fsp3) is 0.533. The lowest BCUT2D eigenvalue weighted by Gasteiger charge is -2.32. The van der Waals surface area contributed by atoms with Crippen LogP contribution in [0.3, 0.4) is 0 Å². The monoisotopic (exact) mass is 403 g/mol. The van der Waals surface area contributed by atoms with Gasteiger partial charge >= 0.3 is 0 Å². The molecule has 1 heterocycles. The molecule has 1 aliphatic rings. The predicted octanol–water partition coefficient (Wildman–Crippen LogP) is 2.21. The second-order valence-electron chi connectivity index (χ2n) is 5.92. The number of nitrogens with zero attached hydrogens (tertiary/aromatic N) is 2. The van der Waals surface area contributed by atoms with Crippen molar-refractivity contribution < 1.29 is 13.2 Å². The van der Waals surface area contributed by atoms with Gasteiger partial charge in [0.2, 0.25) is 5.91 Å². The van der Waals surface area contributed by atoms with E-state index in [-0.39, 0.29) is 11.8 Å². The molecule has 1 amide bonds. The van der Waals surface area contributed by atoms with Crippen molar-refractivity contribution in [1.82, 2.24) is 8.61 Å². The van der Waals surface area contributed by atoms with Crippen LogP contribution in [0.5, 0.6) is 0 Å². The lowest BCUT2D eigenvalue weighted by atomic mass is 9.97. The predicted molar refractivity (Wildman–Crippen MR) is 94.4 cm³/mol. The minimum absolute atomic E-state index is 0.0476. The third kappa shape index (κ3) is 4.32. The van der Waals surface area contributed by atoms with Crippen molar-refractivity contribution >= 4 is 37.7 Å². The summed E-state index contributed by atoms with van der Waals surface area (Å²) in [5, 5.41) is 2.92. The molecule has 0 unspecified atom stereocenters. The molecule has 0 spiro atoms. The molecular formula is C15H22BrN3O3S. The van der Waals surface area contributed by atoms with Gasteiger partial charge in [-0.2, -0.15) is 17.0 Å². The molecule has 0 radical (unpaired) electrons. The number of piperidine rings is 1. The molecule has 1 fully saturated rings. The first-order valence-corrected chi connectivity index (χ1v) is 9.65. The highest BCUT2D eigenvalue weighted by Gasteiger charge is 2.32. The van der Waals surface area contributed by atoms with E-state index in [0.29, 0.717) is 25.9 Å². The van der Waals surface area contributed by atoms with Gasteiger partial charge in [-0.1, -0.05) is 15.9 Å². The lowest BCUT2D eigenvalue weighted by molar-refractivity contribution is -0.120. The number of aryl methyl sites for hydroxylation is 1. The van der Waals surface area contributed by atoms with Gasteiger partial charge in [0.1, 0.15) is 0 Å². The molecule has 0 aromatic heterocycles. The first-order chi connectivity index (χ1) is 10.7. The van der Waals surface area contributed by atoms with Gasteiger partial charge in [0.05, 0.1) is 0 Å². The van der Waals surface area contributed by atoms with Gasteiger partial charge in [0.15, 0.2) is 0 Å². The summed E-state index contributed by atoms with van der Waals surface area (Å²) >= 11 is 3.43. The van der Waals surface area contributed by atoms with Crippen LogP contribution in [0.2, 0.25) is 0 Å². The molecule has 128 valence electrons. The number of hydrogen-bond acceptors (Lipinski definition) is 3.